The lowest BCUT2D eigenvalue weighted by atomic mass is 10.0. The number of sulfonamides is 1. The predicted molar refractivity (Wildman–Crippen MR) is 143 cm³/mol. The highest BCUT2D eigenvalue weighted by atomic mass is 32.2. The van der Waals surface area contributed by atoms with Gasteiger partial charge >= 0.3 is 0 Å². The van der Waals surface area contributed by atoms with Crippen LogP contribution in [0.4, 0.5) is 0 Å². The van der Waals surface area contributed by atoms with Gasteiger partial charge in [0.2, 0.25) is 5.91 Å². The molecule has 2 aromatic heterocycles. The molecule has 3 aromatic rings. The van der Waals surface area contributed by atoms with Crippen LogP contribution in [-0.4, -0.2) is 62.6 Å². The molecule has 3 heterocycles. The first-order valence-corrected chi connectivity index (χ1v) is 14.7. The van der Waals surface area contributed by atoms with E-state index in [1.807, 2.05) is 13.8 Å². The first-order chi connectivity index (χ1) is 18.1. The summed E-state index contributed by atoms with van der Waals surface area (Å²) in [6, 6.07) is 8.25. The van der Waals surface area contributed by atoms with Crippen molar-refractivity contribution in [2.75, 3.05) is 20.2 Å². The zero-order valence-corrected chi connectivity index (χ0v) is 23.1. The zero-order chi connectivity index (χ0) is 27.4. The first kappa shape index (κ1) is 27.8. The van der Waals surface area contributed by atoms with Gasteiger partial charge in [0.15, 0.2) is 22.9 Å². The lowest BCUT2D eigenvalue weighted by Crippen LogP contribution is -2.52. The van der Waals surface area contributed by atoms with Crippen molar-refractivity contribution in [2.24, 2.45) is 5.92 Å². The van der Waals surface area contributed by atoms with Crippen LogP contribution in [0, 0.1) is 5.92 Å². The summed E-state index contributed by atoms with van der Waals surface area (Å²) in [6.07, 6.45) is 1.04. The van der Waals surface area contributed by atoms with Crippen LogP contribution < -0.4 is 15.4 Å². The van der Waals surface area contributed by atoms with Gasteiger partial charge in [-0.05, 0) is 48.8 Å². The lowest BCUT2D eigenvalue weighted by molar-refractivity contribution is -0.129. The van der Waals surface area contributed by atoms with Crippen LogP contribution in [0.25, 0.3) is 11.0 Å². The Hall–Kier alpha value is -3.22. The van der Waals surface area contributed by atoms with Gasteiger partial charge in [-0.3, -0.25) is 14.4 Å². The third-order valence-corrected chi connectivity index (χ3v) is 9.53. The molecule has 1 aliphatic rings. The van der Waals surface area contributed by atoms with E-state index in [1.165, 1.54) is 13.2 Å². The Morgan fingerprint density at radius 1 is 1.24 bits per heavy atom. The minimum absolute atomic E-state index is 0.0334. The second-order valence-electron chi connectivity index (χ2n) is 9.59. The summed E-state index contributed by atoms with van der Waals surface area (Å²) in [5.74, 6) is -0.878. The van der Waals surface area contributed by atoms with E-state index >= 15 is 0 Å². The number of fused-ring (bicyclic) bond motifs is 1. The molecule has 0 radical (unpaired) electrons. The summed E-state index contributed by atoms with van der Waals surface area (Å²) < 4.78 is 38.1. The first-order valence-electron chi connectivity index (χ1n) is 12.3. The maximum absolute atomic E-state index is 13.3. The second-order valence-corrected chi connectivity index (χ2v) is 12.7. The fourth-order valence-electron chi connectivity index (χ4n) is 4.40. The molecular weight excluding hydrogens is 530 g/mol. The van der Waals surface area contributed by atoms with Crippen molar-refractivity contribution in [1.82, 2.24) is 14.9 Å². The maximum Gasteiger partial charge on any atom is 0.287 e. The highest BCUT2D eigenvalue weighted by Gasteiger charge is 2.35. The van der Waals surface area contributed by atoms with Gasteiger partial charge in [-0.15, -0.1) is 11.3 Å². The van der Waals surface area contributed by atoms with Gasteiger partial charge in [-0.1, -0.05) is 32.0 Å². The number of nitrogens with one attached hydrogen (secondary N) is 2. The van der Waals surface area contributed by atoms with Gasteiger partial charge in [0.05, 0.1) is 19.7 Å². The van der Waals surface area contributed by atoms with Gasteiger partial charge in [0.25, 0.3) is 15.9 Å². The highest BCUT2D eigenvalue weighted by Crippen LogP contribution is 2.28. The number of hydrogen-bond acceptors (Lipinski definition) is 8. The summed E-state index contributed by atoms with van der Waals surface area (Å²) in [7, 11) is -2.27. The number of amides is 2. The van der Waals surface area contributed by atoms with Gasteiger partial charge < -0.3 is 19.8 Å². The Morgan fingerprint density at radius 2 is 2.03 bits per heavy atom. The van der Waals surface area contributed by atoms with E-state index in [-0.39, 0.29) is 29.0 Å². The van der Waals surface area contributed by atoms with Crippen LogP contribution in [0.3, 0.4) is 0 Å². The molecule has 1 fully saturated rings. The molecule has 12 heteroatoms. The smallest absolute Gasteiger partial charge is 0.287 e. The molecule has 0 spiro atoms. The van der Waals surface area contributed by atoms with Crippen molar-refractivity contribution in [3.63, 3.8) is 0 Å². The number of carbonyl (C=O) groups excluding carboxylic acids is 3. The van der Waals surface area contributed by atoms with Crippen molar-refractivity contribution in [1.29, 1.82) is 0 Å². The summed E-state index contributed by atoms with van der Waals surface area (Å²) in [4.78, 5) is 39.3. The Bertz CT molecular complexity index is 1410. The van der Waals surface area contributed by atoms with Crippen LogP contribution in [0.2, 0.25) is 0 Å². The van der Waals surface area contributed by atoms with Gasteiger partial charge in [0, 0.05) is 11.9 Å². The molecule has 10 nitrogen and oxygen atoms in total. The molecule has 4 rings (SSSR count). The van der Waals surface area contributed by atoms with Crippen LogP contribution in [0.5, 0.6) is 5.75 Å². The van der Waals surface area contributed by atoms with Crippen molar-refractivity contribution in [3.8, 4) is 5.75 Å². The molecule has 2 atom stereocenters. The zero-order valence-electron chi connectivity index (χ0n) is 21.4. The van der Waals surface area contributed by atoms with Gasteiger partial charge in [-0.2, -0.15) is 4.31 Å². The molecule has 1 aromatic carbocycles. The number of rotatable bonds is 9. The molecule has 1 aliphatic heterocycles. The SMILES string of the molecule is COc1cccc2cc(C(=O)NC(CC(C)C)C(=O)N[C@H]3CCCN(S(=O)(=O)c4cccs4)CC3=O)oc12. The number of hydrogen-bond donors (Lipinski definition) is 2. The Kier molecular flexibility index (Phi) is 8.54. The van der Waals surface area contributed by atoms with E-state index in [0.29, 0.717) is 36.0 Å². The predicted octanol–water partition coefficient (Wildman–Crippen LogP) is 3.19. The second kappa shape index (κ2) is 11.7. The van der Waals surface area contributed by atoms with E-state index in [4.69, 9.17) is 9.15 Å². The number of thiophene rings is 1. The number of nitrogens with zero attached hydrogens (tertiary/aromatic N) is 1. The highest BCUT2D eigenvalue weighted by molar-refractivity contribution is 7.91. The molecule has 1 saturated heterocycles. The quantitative estimate of drug-likeness (QED) is 0.410. The largest absolute Gasteiger partial charge is 0.493 e. The number of furan rings is 1. The minimum atomic E-state index is -3.78. The number of ether oxygens (including phenoxy) is 1. The van der Waals surface area contributed by atoms with Crippen molar-refractivity contribution >= 4 is 49.9 Å². The fraction of sp³-hybridized carbons (Fsp3) is 0.423. The van der Waals surface area contributed by atoms with Crippen molar-refractivity contribution in [2.45, 2.75) is 49.4 Å². The molecule has 1 unspecified atom stereocenters. The molecule has 0 aliphatic carbocycles. The molecular formula is C26H31N3O7S2. The van der Waals surface area contributed by atoms with Gasteiger partial charge in [-0.25, -0.2) is 8.42 Å². The Labute approximate surface area is 225 Å². The molecule has 2 amide bonds. The molecule has 2 N–H and O–H groups in total. The third kappa shape index (κ3) is 6.08. The van der Waals surface area contributed by atoms with Crippen LogP contribution in [-0.2, 0) is 19.6 Å². The lowest BCUT2D eigenvalue weighted by Gasteiger charge is -2.23. The summed E-state index contributed by atoms with van der Waals surface area (Å²) in [5.41, 5.74) is 0.427. The average molecular weight is 562 g/mol. The topological polar surface area (TPSA) is 135 Å². The molecule has 38 heavy (non-hydrogen) atoms. The number of Topliss-reactive ketones (excluding diaryl/α,β-unsaturated/α-hetero) is 1. The van der Waals surface area contributed by atoms with Crippen molar-refractivity contribution < 1.29 is 32.0 Å². The summed E-state index contributed by atoms with van der Waals surface area (Å²) in [6.45, 7) is 3.69. The molecule has 0 bridgehead atoms. The van der Waals surface area contributed by atoms with E-state index in [2.05, 4.69) is 10.6 Å². The Balaban J connectivity index is 1.45. The molecule has 0 saturated carbocycles. The standard InChI is InChI=1S/C26H31N3O7S2/c1-16(2)13-19(28-26(32)22-14-17-7-4-9-21(35-3)24(17)36-22)25(31)27-18-8-5-11-29(15-20(18)30)38(33,34)23-10-6-12-37-23/h4,6-7,9-10,12,14,16,18-19H,5,8,11,13,15H2,1-3H3,(H,27,31)(H,28,32)/t18-,19?/m0/s1. The Morgan fingerprint density at radius 3 is 2.71 bits per heavy atom. The normalized spacial score (nSPS) is 17.8. The van der Waals surface area contributed by atoms with Crippen LogP contribution in [0.15, 0.2) is 50.4 Å². The summed E-state index contributed by atoms with van der Waals surface area (Å²) in [5, 5.41) is 7.84. The number of ketones is 1. The average Bonchev–Trinajstić information content (AvgIpc) is 3.53. The number of methoxy groups -OCH3 is 1. The van der Waals surface area contributed by atoms with E-state index in [1.54, 1.807) is 35.7 Å². The van der Waals surface area contributed by atoms with Crippen LogP contribution in [0.1, 0.15) is 43.7 Å². The van der Waals surface area contributed by atoms with E-state index < -0.39 is 39.7 Å². The number of para-hydroxylation sites is 1. The minimum Gasteiger partial charge on any atom is -0.493 e. The van der Waals surface area contributed by atoms with Crippen LogP contribution >= 0.6 is 11.3 Å². The summed E-state index contributed by atoms with van der Waals surface area (Å²) >= 11 is 1.09. The van der Waals surface area contributed by atoms with E-state index in [9.17, 15) is 22.8 Å². The van der Waals surface area contributed by atoms with Crippen molar-refractivity contribution in [3.05, 3.63) is 47.5 Å². The van der Waals surface area contributed by atoms with E-state index in [0.717, 1.165) is 15.6 Å². The maximum atomic E-state index is 13.3. The fourth-order valence-corrected chi connectivity index (χ4v) is 6.99. The number of benzene rings is 1. The van der Waals surface area contributed by atoms with Gasteiger partial charge in [0.1, 0.15) is 10.3 Å². The third-order valence-electron chi connectivity index (χ3n) is 6.31. The number of carbonyl (C=O) groups is 3. The molecule has 204 valence electrons. The monoisotopic (exact) mass is 561 g/mol.